The van der Waals surface area contributed by atoms with E-state index in [1.165, 1.54) is 62.6 Å². The predicted molar refractivity (Wildman–Crippen MR) is 124 cm³/mol. The fourth-order valence-electron chi connectivity index (χ4n) is 3.41. The number of aromatic nitrogens is 1. The van der Waals surface area contributed by atoms with Crippen LogP contribution in [0.1, 0.15) is 22.8 Å². The van der Waals surface area contributed by atoms with Crippen molar-refractivity contribution in [2.75, 3.05) is 12.4 Å². The molecule has 0 fully saturated rings. The van der Waals surface area contributed by atoms with Crippen molar-refractivity contribution in [1.82, 2.24) is 9.29 Å². The first-order valence-electron chi connectivity index (χ1n) is 10.2. The normalized spacial score (nSPS) is 14.1. The van der Waals surface area contributed by atoms with E-state index in [0.717, 1.165) is 4.31 Å². The van der Waals surface area contributed by atoms with Gasteiger partial charge < -0.3 is 14.8 Å². The number of hydrogen-bond donors (Lipinski definition) is 1. The highest BCUT2D eigenvalue weighted by Gasteiger charge is 2.40. The average Bonchev–Trinajstić information content (AvgIpc) is 2.83. The van der Waals surface area contributed by atoms with Crippen LogP contribution in [0.4, 0.5) is 5.82 Å². The van der Waals surface area contributed by atoms with Crippen molar-refractivity contribution >= 4 is 39.4 Å². The Bertz CT molecular complexity index is 1470. The lowest BCUT2D eigenvalue weighted by Crippen LogP contribution is -2.38. The minimum absolute atomic E-state index is 0.0232. The maximum atomic E-state index is 13.2. The molecule has 1 aliphatic rings. The van der Waals surface area contributed by atoms with Crippen LogP contribution in [0.3, 0.4) is 0 Å². The molecule has 2 aromatic carbocycles. The number of sulfonamides is 1. The molecule has 0 saturated heterocycles. The first kappa shape index (κ1) is 23.6. The van der Waals surface area contributed by atoms with Gasteiger partial charge in [-0.05, 0) is 36.4 Å². The molecule has 10 nitrogen and oxygen atoms in total. The number of benzene rings is 2. The lowest BCUT2D eigenvalue weighted by atomic mass is 10.1. The number of fused-ring (bicyclic) bond motifs is 1. The first-order chi connectivity index (χ1) is 16.7. The summed E-state index contributed by atoms with van der Waals surface area (Å²) in [5.74, 6) is -2.62. The molecule has 0 bridgehead atoms. The van der Waals surface area contributed by atoms with Gasteiger partial charge in [-0.1, -0.05) is 30.3 Å². The molecule has 1 aromatic heterocycles. The zero-order chi connectivity index (χ0) is 25.2. The minimum Gasteiger partial charge on any atom is -0.426 e. The molecule has 0 atom stereocenters. The number of amides is 1. The van der Waals surface area contributed by atoms with Crippen LogP contribution in [0, 0.1) is 0 Å². The Balaban J connectivity index is 1.84. The molecule has 1 N–H and O–H groups in total. The Kier molecular flexibility index (Phi) is 6.34. The molecule has 1 aliphatic heterocycles. The summed E-state index contributed by atoms with van der Waals surface area (Å²) < 4.78 is 37.7. The number of para-hydroxylation sites is 1. The van der Waals surface area contributed by atoms with Gasteiger partial charge in [-0.2, -0.15) is 0 Å². The van der Waals surface area contributed by atoms with Crippen LogP contribution in [0.5, 0.6) is 5.75 Å². The van der Waals surface area contributed by atoms with E-state index < -0.39 is 33.6 Å². The van der Waals surface area contributed by atoms with E-state index in [1.54, 1.807) is 24.3 Å². The van der Waals surface area contributed by atoms with Gasteiger partial charge >= 0.3 is 11.9 Å². The number of hydrogen-bond acceptors (Lipinski definition) is 8. The summed E-state index contributed by atoms with van der Waals surface area (Å²) in [5, 5.41) is 2.52. The maximum absolute atomic E-state index is 13.2. The second-order valence-electron chi connectivity index (χ2n) is 7.29. The van der Waals surface area contributed by atoms with Gasteiger partial charge in [0.1, 0.15) is 17.1 Å². The minimum atomic E-state index is -4.13. The third-order valence-corrected chi connectivity index (χ3v) is 6.79. The van der Waals surface area contributed by atoms with Crippen LogP contribution in [0.2, 0.25) is 0 Å². The topological polar surface area (TPSA) is 132 Å². The number of nitrogens with zero attached hydrogens (tertiary/aromatic N) is 2. The van der Waals surface area contributed by atoms with E-state index in [9.17, 15) is 22.8 Å². The first-order valence-corrected chi connectivity index (χ1v) is 11.7. The summed E-state index contributed by atoms with van der Waals surface area (Å²) in [6, 6.07) is 16.5. The molecule has 1 amide bonds. The number of carbonyl (C=O) groups excluding carboxylic acids is 3. The van der Waals surface area contributed by atoms with E-state index in [-0.39, 0.29) is 33.3 Å². The van der Waals surface area contributed by atoms with Crippen LogP contribution in [-0.2, 0) is 24.3 Å². The summed E-state index contributed by atoms with van der Waals surface area (Å²) in [6.07, 6.45) is 1.45. The fourth-order valence-corrected chi connectivity index (χ4v) is 4.80. The number of rotatable bonds is 5. The summed E-state index contributed by atoms with van der Waals surface area (Å²) in [4.78, 5) is 41.7. The molecular weight excluding hydrogens is 474 g/mol. The van der Waals surface area contributed by atoms with Crippen LogP contribution >= 0.6 is 0 Å². The molecule has 0 unspecified atom stereocenters. The highest BCUT2D eigenvalue weighted by Crippen LogP contribution is 2.37. The van der Waals surface area contributed by atoms with E-state index in [1.807, 2.05) is 0 Å². The van der Waals surface area contributed by atoms with Crippen molar-refractivity contribution in [1.29, 1.82) is 0 Å². The molecule has 2 heterocycles. The standard InChI is InChI=1S/C24H19N3O7S/c1-15(28)33-18-11-5-3-9-16(18)24(30)34-22-17-10-4-6-12-19(17)35(31,32)27(2)21(22)23(29)26-20-13-7-8-14-25-20/h3-14H,1-2H3,(H,25,26,29). The highest BCUT2D eigenvalue weighted by molar-refractivity contribution is 7.89. The summed E-state index contributed by atoms with van der Waals surface area (Å²) >= 11 is 0. The molecule has 0 aliphatic carbocycles. The molecule has 4 rings (SSSR count). The quantitative estimate of drug-likeness (QED) is 0.424. The zero-order valence-corrected chi connectivity index (χ0v) is 19.4. The van der Waals surface area contributed by atoms with Gasteiger partial charge in [0.2, 0.25) is 0 Å². The smallest absolute Gasteiger partial charge is 0.347 e. The summed E-state index contributed by atoms with van der Waals surface area (Å²) in [6.45, 7) is 1.18. The Hall–Kier alpha value is -4.51. The molecule has 0 radical (unpaired) electrons. The Labute approximate surface area is 200 Å². The molecular formula is C24H19N3O7S. The Morgan fingerprint density at radius 2 is 1.60 bits per heavy atom. The van der Waals surface area contributed by atoms with Gasteiger partial charge in [-0.15, -0.1) is 0 Å². The van der Waals surface area contributed by atoms with E-state index in [4.69, 9.17) is 9.47 Å². The number of likely N-dealkylation sites (N-methyl/N-ethyl adjacent to an activating group) is 1. The molecule has 0 saturated carbocycles. The van der Waals surface area contributed by atoms with Crippen molar-refractivity contribution in [2.24, 2.45) is 0 Å². The van der Waals surface area contributed by atoms with Crippen LogP contribution in [-0.4, -0.2) is 42.6 Å². The van der Waals surface area contributed by atoms with Gasteiger partial charge in [0.15, 0.2) is 11.5 Å². The van der Waals surface area contributed by atoms with Crippen molar-refractivity contribution in [3.05, 3.63) is 89.8 Å². The van der Waals surface area contributed by atoms with E-state index in [2.05, 4.69) is 10.3 Å². The van der Waals surface area contributed by atoms with Crippen LogP contribution in [0.25, 0.3) is 5.76 Å². The molecule has 3 aromatic rings. The van der Waals surface area contributed by atoms with Crippen molar-refractivity contribution in [3.63, 3.8) is 0 Å². The van der Waals surface area contributed by atoms with Crippen molar-refractivity contribution in [2.45, 2.75) is 11.8 Å². The third-order valence-electron chi connectivity index (χ3n) is 4.98. The SMILES string of the molecule is CC(=O)Oc1ccccc1C(=O)OC1=C(C(=O)Nc2ccccn2)N(C)S(=O)(=O)c2ccccc21. The number of pyridine rings is 1. The highest BCUT2D eigenvalue weighted by atomic mass is 32.2. The van der Waals surface area contributed by atoms with Gasteiger partial charge in [0.05, 0.1) is 4.90 Å². The van der Waals surface area contributed by atoms with E-state index >= 15 is 0 Å². The van der Waals surface area contributed by atoms with Crippen molar-refractivity contribution < 1.29 is 32.3 Å². The van der Waals surface area contributed by atoms with Gasteiger partial charge in [-0.3, -0.25) is 13.9 Å². The average molecular weight is 493 g/mol. The third kappa shape index (κ3) is 4.62. The second kappa shape index (κ2) is 9.39. The lowest BCUT2D eigenvalue weighted by Gasteiger charge is -2.30. The van der Waals surface area contributed by atoms with Crippen molar-refractivity contribution in [3.8, 4) is 5.75 Å². The molecule has 11 heteroatoms. The molecule has 0 spiro atoms. The van der Waals surface area contributed by atoms with Gasteiger partial charge in [0, 0.05) is 25.7 Å². The number of anilines is 1. The predicted octanol–water partition coefficient (Wildman–Crippen LogP) is 2.81. The molecule has 35 heavy (non-hydrogen) atoms. The second-order valence-corrected chi connectivity index (χ2v) is 9.23. The fraction of sp³-hybridized carbons (Fsp3) is 0.0833. The van der Waals surface area contributed by atoms with Gasteiger partial charge in [-0.25, -0.2) is 18.2 Å². The monoisotopic (exact) mass is 493 g/mol. The number of esters is 2. The number of carbonyl (C=O) groups is 3. The number of ether oxygens (including phenoxy) is 2. The summed E-state index contributed by atoms with van der Waals surface area (Å²) in [7, 11) is -2.95. The molecule has 178 valence electrons. The van der Waals surface area contributed by atoms with Crippen LogP contribution in [0.15, 0.2) is 83.5 Å². The van der Waals surface area contributed by atoms with E-state index in [0.29, 0.717) is 0 Å². The largest absolute Gasteiger partial charge is 0.426 e. The summed E-state index contributed by atoms with van der Waals surface area (Å²) in [5.41, 5.74) is -0.490. The Morgan fingerprint density at radius 3 is 2.31 bits per heavy atom. The van der Waals surface area contributed by atoms with Crippen LogP contribution < -0.4 is 10.1 Å². The maximum Gasteiger partial charge on any atom is 0.347 e. The number of nitrogens with one attached hydrogen (secondary N) is 1. The lowest BCUT2D eigenvalue weighted by molar-refractivity contribution is -0.131. The van der Waals surface area contributed by atoms with Gasteiger partial charge in [0.25, 0.3) is 15.9 Å². The Morgan fingerprint density at radius 1 is 0.914 bits per heavy atom. The zero-order valence-electron chi connectivity index (χ0n) is 18.6.